The summed E-state index contributed by atoms with van der Waals surface area (Å²) in [6.07, 6.45) is 0.757. The van der Waals surface area contributed by atoms with Crippen molar-refractivity contribution in [3.8, 4) is 0 Å². The highest BCUT2D eigenvalue weighted by molar-refractivity contribution is 9.10. The van der Waals surface area contributed by atoms with E-state index in [4.69, 9.17) is 4.42 Å². The van der Waals surface area contributed by atoms with Gasteiger partial charge in [-0.25, -0.2) is 0 Å². The molecule has 1 aromatic carbocycles. The summed E-state index contributed by atoms with van der Waals surface area (Å²) in [7, 11) is 0. The maximum absolute atomic E-state index is 12.2. The lowest BCUT2D eigenvalue weighted by atomic mass is 10.2. The minimum Gasteiger partial charge on any atom is -0.466 e. The summed E-state index contributed by atoms with van der Waals surface area (Å²) in [5, 5.41) is 13.1. The molecule has 0 aliphatic rings. The number of furan rings is 1. The van der Waals surface area contributed by atoms with Crippen LogP contribution in [0.5, 0.6) is 0 Å². The number of aliphatic hydroxyl groups is 1. The fourth-order valence-electron chi connectivity index (χ4n) is 2.13. The Morgan fingerprint density at radius 1 is 1.22 bits per heavy atom. The third-order valence-electron chi connectivity index (χ3n) is 3.31. The molecule has 0 saturated carbocycles. The monoisotopic (exact) mass is 391 g/mol. The number of hydrogen-bond acceptors (Lipinski definition) is 4. The standard InChI is InChI=1S/C17H14BrNO3S/c18-13-5-2-1-4-12(13)17(21)19-10-11-7-8-15(23-11)16(20)14-6-3-9-22-14/h1-9,16,20H,10H2,(H,19,21)/t16-/m0/s1. The highest BCUT2D eigenvalue weighted by atomic mass is 79.9. The van der Waals surface area contributed by atoms with Gasteiger partial charge in [-0.2, -0.15) is 0 Å². The van der Waals surface area contributed by atoms with Crippen LogP contribution in [0.2, 0.25) is 0 Å². The molecule has 3 aromatic rings. The summed E-state index contributed by atoms with van der Waals surface area (Å²) in [5.41, 5.74) is 0.597. The zero-order valence-electron chi connectivity index (χ0n) is 12.0. The molecule has 4 nitrogen and oxygen atoms in total. The number of nitrogens with one attached hydrogen (secondary N) is 1. The number of carbonyl (C=O) groups excluding carboxylic acids is 1. The molecule has 118 valence electrons. The Morgan fingerprint density at radius 2 is 2.04 bits per heavy atom. The van der Waals surface area contributed by atoms with Gasteiger partial charge < -0.3 is 14.8 Å². The topological polar surface area (TPSA) is 62.5 Å². The van der Waals surface area contributed by atoms with Gasteiger partial charge in [-0.1, -0.05) is 12.1 Å². The molecule has 23 heavy (non-hydrogen) atoms. The number of halogens is 1. The highest BCUT2D eigenvalue weighted by Gasteiger charge is 2.16. The Hall–Kier alpha value is -1.89. The van der Waals surface area contributed by atoms with Gasteiger partial charge in [0.2, 0.25) is 0 Å². The molecular weight excluding hydrogens is 378 g/mol. The molecule has 2 heterocycles. The lowest BCUT2D eigenvalue weighted by Crippen LogP contribution is -2.22. The minimum atomic E-state index is -0.775. The summed E-state index contributed by atoms with van der Waals surface area (Å²) in [5.74, 6) is 0.370. The SMILES string of the molecule is O=C(NCc1ccc([C@@H](O)c2ccco2)s1)c1ccccc1Br. The maximum Gasteiger partial charge on any atom is 0.252 e. The van der Waals surface area contributed by atoms with E-state index in [1.165, 1.54) is 17.6 Å². The molecule has 2 N–H and O–H groups in total. The van der Waals surface area contributed by atoms with Crippen LogP contribution in [0.1, 0.15) is 32.0 Å². The quantitative estimate of drug-likeness (QED) is 0.687. The Balaban J connectivity index is 1.64. The van der Waals surface area contributed by atoms with Crippen molar-refractivity contribution in [1.29, 1.82) is 0 Å². The first-order valence-corrected chi connectivity index (χ1v) is 8.59. The molecular formula is C17H14BrNO3S. The molecule has 1 amide bonds. The van der Waals surface area contributed by atoms with Crippen LogP contribution in [0.15, 0.2) is 63.7 Å². The van der Waals surface area contributed by atoms with Crippen molar-refractivity contribution in [2.45, 2.75) is 12.6 Å². The number of benzene rings is 1. The van der Waals surface area contributed by atoms with Crippen molar-refractivity contribution in [3.63, 3.8) is 0 Å². The Kier molecular flexibility index (Phi) is 4.95. The second kappa shape index (κ2) is 7.12. The van der Waals surface area contributed by atoms with E-state index in [0.717, 1.165) is 14.2 Å². The average Bonchev–Trinajstić information content (AvgIpc) is 3.24. The predicted molar refractivity (Wildman–Crippen MR) is 92.4 cm³/mol. The first-order chi connectivity index (χ1) is 11.1. The molecule has 0 aliphatic heterocycles. The lowest BCUT2D eigenvalue weighted by molar-refractivity contribution is 0.0950. The van der Waals surface area contributed by atoms with Crippen LogP contribution in [0.3, 0.4) is 0 Å². The molecule has 6 heteroatoms. The molecule has 0 saturated heterocycles. The van der Waals surface area contributed by atoms with E-state index in [-0.39, 0.29) is 5.91 Å². The van der Waals surface area contributed by atoms with Gasteiger partial charge in [0.15, 0.2) is 0 Å². The molecule has 0 fully saturated rings. The van der Waals surface area contributed by atoms with Crippen LogP contribution in [0.4, 0.5) is 0 Å². The number of rotatable bonds is 5. The summed E-state index contributed by atoms with van der Waals surface area (Å²) in [6, 6.07) is 14.5. The van der Waals surface area contributed by atoms with Gasteiger partial charge in [0.05, 0.1) is 18.4 Å². The third kappa shape index (κ3) is 3.72. The van der Waals surface area contributed by atoms with Gasteiger partial charge in [-0.3, -0.25) is 4.79 Å². The molecule has 0 aliphatic carbocycles. The van der Waals surface area contributed by atoms with Gasteiger partial charge >= 0.3 is 0 Å². The van der Waals surface area contributed by atoms with Crippen LogP contribution < -0.4 is 5.32 Å². The van der Waals surface area contributed by atoms with E-state index in [9.17, 15) is 9.90 Å². The molecule has 0 unspecified atom stereocenters. The molecule has 0 radical (unpaired) electrons. The van der Waals surface area contributed by atoms with E-state index in [1.807, 2.05) is 30.3 Å². The Labute approximate surface area is 145 Å². The number of hydrogen-bond donors (Lipinski definition) is 2. The van der Waals surface area contributed by atoms with Crippen molar-refractivity contribution < 1.29 is 14.3 Å². The highest BCUT2D eigenvalue weighted by Crippen LogP contribution is 2.28. The van der Waals surface area contributed by atoms with E-state index in [1.54, 1.807) is 18.2 Å². The number of aliphatic hydroxyl groups excluding tert-OH is 1. The second-order valence-electron chi connectivity index (χ2n) is 4.88. The smallest absolute Gasteiger partial charge is 0.252 e. The van der Waals surface area contributed by atoms with Gasteiger partial charge in [0, 0.05) is 14.2 Å². The van der Waals surface area contributed by atoms with Crippen LogP contribution in [0, 0.1) is 0 Å². The largest absolute Gasteiger partial charge is 0.466 e. The van der Waals surface area contributed by atoms with Gasteiger partial charge in [-0.05, 0) is 52.3 Å². The van der Waals surface area contributed by atoms with E-state index >= 15 is 0 Å². The van der Waals surface area contributed by atoms with Crippen molar-refractivity contribution in [2.24, 2.45) is 0 Å². The lowest BCUT2D eigenvalue weighted by Gasteiger charge is -2.06. The second-order valence-corrected chi connectivity index (χ2v) is 6.94. The molecule has 0 spiro atoms. The number of thiophene rings is 1. The summed E-state index contributed by atoms with van der Waals surface area (Å²) < 4.78 is 5.97. The molecule has 1 atom stereocenters. The van der Waals surface area contributed by atoms with Gasteiger partial charge in [0.1, 0.15) is 11.9 Å². The van der Waals surface area contributed by atoms with Crippen LogP contribution >= 0.6 is 27.3 Å². The van der Waals surface area contributed by atoms with Gasteiger partial charge in [0.25, 0.3) is 5.91 Å². The van der Waals surface area contributed by atoms with Crippen molar-refractivity contribution in [3.05, 3.63) is 80.3 Å². The van der Waals surface area contributed by atoms with E-state index < -0.39 is 6.10 Å². The molecule has 2 aromatic heterocycles. The maximum atomic E-state index is 12.2. The zero-order chi connectivity index (χ0) is 16.2. The zero-order valence-corrected chi connectivity index (χ0v) is 14.4. The average molecular weight is 392 g/mol. The van der Waals surface area contributed by atoms with E-state index in [0.29, 0.717) is 17.9 Å². The van der Waals surface area contributed by atoms with Crippen LogP contribution in [-0.4, -0.2) is 11.0 Å². The Bertz CT molecular complexity index is 798. The first-order valence-electron chi connectivity index (χ1n) is 6.98. The first kappa shape index (κ1) is 16.0. The Morgan fingerprint density at radius 3 is 2.78 bits per heavy atom. The van der Waals surface area contributed by atoms with Crippen LogP contribution in [0.25, 0.3) is 0 Å². The summed E-state index contributed by atoms with van der Waals surface area (Å²) in [6.45, 7) is 0.412. The number of amides is 1. The van der Waals surface area contributed by atoms with Crippen LogP contribution in [-0.2, 0) is 6.54 Å². The third-order valence-corrected chi connectivity index (χ3v) is 5.14. The summed E-state index contributed by atoms with van der Waals surface area (Å²) in [4.78, 5) is 13.9. The summed E-state index contributed by atoms with van der Waals surface area (Å²) >= 11 is 4.81. The molecule has 0 bridgehead atoms. The fourth-order valence-corrected chi connectivity index (χ4v) is 3.54. The molecule has 3 rings (SSSR count). The van der Waals surface area contributed by atoms with E-state index in [2.05, 4.69) is 21.2 Å². The normalized spacial score (nSPS) is 12.1. The van der Waals surface area contributed by atoms with Gasteiger partial charge in [-0.15, -0.1) is 11.3 Å². The minimum absolute atomic E-state index is 0.140. The number of carbonyl (C=O) groups is 1. The van der Waals surface area contributed by atoms with Crippen molar-refractivity contribution in [2.75, 3.05) is 0 Å². The predicted octanol–water partition coefficient (Wildman–Crippen LogP) is 4.12. The van der Waals surface area contributed by atoms with Crippen molar-refractivity contribution in [1.82, 2.24) is 5.32 Å². The van der Waals surface area contributed by atoms with Crippen molar-refractivity contribution >= 4 is 33.2 Å². The fraction of sp³-hybridized carbons (Fsp3) is 0.118.